The molecule has 0 spiro atoms. The van der Waals surface area contributed by atoms with E-state index in [2.05, 4.69) is 10.3 Å². The first-order valence-corrected chi connectivity index (χ1v) is 6.26. The number of carbonyl (C=O) groups excluding carboxylic acids is 1. The minimum atomic E-state index is -0.443. The van der Waals surface area contributed by atoms with Crippen LogP contribution < -0.4 is 10.7 Å². The molecule has 1 amide bonds. The number of aromatic amines is 1. The van der Waals surface area contributed by atoms with Crippen LogP contribution in [0.3, 0.4) is 0 Å². The number of aryl methyl sites for hydroxylation is 1. The fourth-order valence-corrected chi connectivity index (χ4v) is 1.90. The zero-order chi connectivity index (χ0) is 14.7. The van der Waals surface area contributed by atoms with Crippen LogP contribution in [0.1, 0.15) is 34.6 Å². The van der Waals surface area contributed by atoms with Crippen molar-refractivity contribution in [3.8, 4) is 5.75 Å². The Morgan fingerprint density at radius 3 is 2.75 bits per heavy atom. The predicted octanol–water partition coefficient (Wildman–Crippen LogP) is 1.88. The average molecular weight is 272 g/mol. The molecular weight excluding hydrogens is 256 g/mol. The lowest BCUT2D eigenvalue weighted by Gasteiger charge is -2.14. The Morgan fingerprint density at radius 1 is 1.35 bits per heavy atom. The van der Waals surface area contributed by atoms with Crippen LogP contribution in [0.4, 0.5) is 0 Å². The third-order valence-electron chi connectivity index (χ3n) is 3.02. The number of phenols is 1. The highest BCUT2D eigenvalue weighted by Gasteiger charge is 2.14. The number of phenolic OH excluding ortho intramolecular Hbond substituents is 1. The minimum Gasteiger partial charge on any atom is -0.508 e. The smallest absolute Gasteiger partial charge is 0.257 e. The molecule has 1 atom stereocenters. The highest BCUT2D eigenvalue weighted by atomic mass is 16.3. The zero-order valence-corrected chi connectivity index (χ0v) is 11.3. The summed E-state index contributed by atoms with van der Waals surface area (Å²) in [5, 5.41) is 12.1. The number of nitrogens with one attached hydrogen (secondary N) is 2. The van der Waals surface area contributed by atoms with Crippen LogP contribution in [0, 0.1) is 6.92 Å². The van der Waals surface area contributed by atoms with Crippen LogP contribution in [0.15, 0.2) is 41.3 Å². The van der Waals surface area contributed by atoms with Crippen molar-refractivity contribution in [1.29, 1.82) is 0 Å². The molecular formula is C15H16N2O3. The quantitative estimate of drug-likeness (QED) is 0.797. The molecule has 5 heteroatoms. The highest BCUT2D eigenvalue weighted by molar-refractivity contribution is 5.94. The molecule has 0 fully saturated rings. The van der Waals surface area contributed by atoms with E-state index in [9.17, 15) is 14.7 Å². The number of amides is 1. The lowest BCUT2D eigenvalue weighted by Crippen LogP contribution is -2.30. The first kappa shape index (κ1) is 13.9. The first-order valence-electron chi connectivity index (χ1n) is 6.26. The SMILES string of the molecule is Cc1cc(=O)c(C(=O)NC(C)c2cccc(O)c2)c[nH]1. The number of carbonyl (C=O) groups is 1. The molecule has 1 aromatic carbocycles. The molecule has 1 unspecified atom stereocenters. The lowest BCUT2D eigenvalue weighted by molar-refractivity contribution is 0.0938. The van der Waals surface area contributed by atoms with E-state index in [0.717, 1.165) is 5.56 Å². The van der Waals surface area contributed by atoms with Gasteiger partial charge in [0.1, 0.15) is 11.3 Å². The molecule has 0 radical (unpaired) electrons. The second-order valence-corrected chi connectivity index (χ2v) is 4.68. The predicted molar refractivity (Wildman–Crippen MR) is 75.8 cm³/mol. The summed E-state index contributed by atoms with van der Waals surface area (Å²) < 4.78 is 0. The maximum Gasteiger partial charge on any atom is 0.257 e. The number of H-pyrrole nitrogens is 1. The second kappa shape index (κ2) is 5.61. The topological polar surface area (TPSA) is 82.2 Å². The summed E-state index contributed by atoms with van der Waals surface area (Å²) in [7, 11) is 0. The Morgan fingerprint density at radius 2 is 2.10 bits per heavy atom. The second-order valence-electron chi connectivity index (χ2n) is 4.68. The van der Waals surface area contributed by atoms with Crippen molar-refractivity contribution in [1.82, 2.24) is 10.3 Å². The van der Waals surface area contributed by atoms with Crippen molar-refractivity contribution < 1.29 is 9.90 Å². The van der Waals surface area contributed by atoms with Crippen LogP contribution in [0.25, 0.3) is 0 Å². The Balaban J connectivity index is 2.17. The van der Waals surface area contributed by atoms with Gasteiger partial charge in [0.15, 0.2) is 5.43 Å². The summed E-state index contributed by atoms with van der Waals surface area (Å²) in [6.45, 7) is 3.54. The van der Waals surface area contributed by atoms with E-state index in [4.69, 9.17) is 0 Å². The lowest BCUT2D eigenvalue weighted by atomic mass is 10.1. The van der Waals surface area contributed by atoms with E-state index >= 15 is 0 Å². The fourth-order valence-electron chi connectivity index (χ4n) is 1.90. The molecule has 0 saturated carbocycles. The van der Waals surface area contributed by atoms with E-state index in [1.54, 1.807) is 38.1 Å². The molecule has 3 N–H and O–H groups in total. The Bertz CT molecular complexity index is 692. The van der Waals surface area contributed by atoms with Gasteiger partial charge in [-0.05, 0) is 31.5 Å². The molecule has 0 aliphatic carbocycles. The molecule has 0 aliphatic rings. The normalized spacial score (nSPS) is 11.9. The average Bonchev–Trinajstić information content (AvgIpc) is 2.38. The van der Waals surface area contributed by atoms with Gasteiger partial charge in [0.2, 0.25) is 0 Å². The van der Waals surface area contributed by atoms with Crippen molar-refractivity contribution in [3.63, 3.8) is 0 Å². The third kappa shape index (κ3) is 3.06. The summed E-state index contributed by atoms with van der Waals surface area (Å²) in [6.07, 6.45) is 1.40. The molecule has 2 aromatic rings. The summed E-state index contributed by atoms with van der Waals surface area (Å²) >= 11 is 0. The van der Waals surface area contributed by atoms with Gasteiger partial charge in [-0.1, -0.05) is 12.1 Å². The highest BCUT2D eigenvalue weighted by Crippen LogP contribution is 2.17. The Labute approximate surface area is 116 Å². The van der Waals surface area contributed by atoms with Gasteiger partial charge in [-0.3, -0.25) is 9.59 Å². The van der Waals surface area contributed by atoms with Crippen LogP contribution in [-0.2, 0) is 0 Å². The van der Waals surface area contributed by atoms with E-state index < -0.39 is 5.91 Å². The molecule has 104 valence electrons. The molecule has 5 nitrogen and oxygen atoms in total. The number of rotatable bonds is 3. The number of benzene rings is 1. The monoisotopic (exact) mass is 272 g/mol. The summed E-state index contributed by atoms with van der Waals surface area (Å²) in [4.78, 5) is 26.6. The summed E-state index contributed by atoms with van der Waals surface area (Å²) in [6, 6.07) is 7.70. The summed E-state index contributed by atoms with van der Waals surface area (Å²) in [5.41, 5.74) is 1.22. The molecule has 0 bridgehead atoms. The van der Waals surface area contributed by atoms with Crippen LogP contribution in [0.2, 0.25) is 0 Å². The van der Waals surface area contributed by atoms with E-state index in [1.807, 2.05) is 0 Å². The Hall–Kier alpha value is -2.56. The Kier molecular flexibility index (Phi) is 3.89. The number of aromatic hydroxyl groups is 1. The van der Waals surface area contributed by atoms with E-state index in [-0.39, 0.29) is 22.8 Å². The van der Waals surface area contributed by atoms with Gasteiger partial charge < -0.3 is 15.4 Å². The van der Waals surface area contributed by atoms with Crippen molar-refractivity contribution in [2.45, 2.75) is 19.9 Å². The van der Waals surface area contributed by atoms with Gasteiger partial charge >= 0.3 is 0 Å². The van der Waals surface area contributed by atoms with Gasteiger partial charge in [-0.2, -0.15) is 0 Å². The number of hydrogen-bond acceptors (Lipinski definition) is 3. The van der Waals surface area contributed by atoms with E-state index in [0.29, 0.717) is 5.69 Å². The first-order chi connectivity index (χ1) is 9.47. The zero-order valence-electron chi connectivity index (χ0n) is 11.3. The third-order valence-corrected chi connectivity index (χ3v) is 3.02. The fraction of sp³-hybridized carbons (Fsp3) is 0.200. The minimum absolute atomic E-state index is 0.0719. The van der Waals surface area contributed by atoms with Crippen molar-refractivity contribution in [3.05, 3.63) is 63.6 Å². The van der Waals surface area contributed by atoms with Gasteiger partial charge in [0.05, 0.1) is 6.04 Å². The van der Waals surface area contributed by atoms with Gasteiger partial charge in [0, 0.05) is 18.0 Å². The van der Waals surface area contributed by atoms with Gasteiger partial charge in [-0.25, -0.2) is 0 Å². The molecule has 2 rings (SSSR count). The number of pyridine rings is 1. The van der Waals surface area contributed by atoms with Crippen molar-refractivity contribution in [2.24, 2.45) is 0 Å². The number of aromatic nitrogens is 1. The van der Waals surface area contributed by atoms with Gasteiger partial charge in [-0.15, -0.1) is 0 Å². The molecule has 1 aromatic heterocycles. The maximum absolute atomic E-state index is 12.1. The standard InChI is InChI=1S/C15H16N2O3/c1-9-6-14(19)13(8-16-9)15(20)17-10(2)11-4-3-5-12(18)7-11/h3-8,10,18H,1-2H3,(H,16,19)(H,17,20). The summed E-state index contributed by atoms with van der Waals surface area (Å²) in [5.74, 6) is -0.307. The van der Waals surface area contributed by atoms with E-state index in [1.165, 1.54) is 12.3 Å². The molecule has 0 aliphatic heterocycles. The van der Waals surface area contributed by atoms with Crippen molar-refractivity contribution in [2.75, 3.05) is 0 Å². The van der Waals surface area contributed by atoms with Gasteiger partial charge in [0.25, 0.3) is 5.91 Å². The maximum atomic E-state index is 12.1. The van der Waals surface area contributed by atoms with Crippen LogP contribution >= 0.6 is 0 Å². The molecule has 20 heavy (non-hydrogen) atoms. The molecule has 0 saturated heterocycles. The van der Waals surface area contributed by atoms with Crippen LogP contribution in [0.5, 0.6) is 5.75 Å². The number of hydrogen-bond donors (Lipinski definition) is 3. The largest absolute Gasteiger partial charge is 0.508 e. The van der Waals surface area contributed by atoms with Crippen molar-refractivity contribution >= 4 is 5.91 Å². The molecule has 1 heterocycles. The van der Waals surface area contributed by atoms with Crippen LogP contribution in [-0.4, -0.2) is 16.0 Å².